The average Bonchev–Trinajstić information content (AvgIpc) is 2.46. The minimum absolute atomic E-state index is 0.0982. The van der Waals surface area contributed by atoms with Gasteiger partial charge in [-0.3, -0.25) is 0 Å². The summed E-state index contributed by atoms with van der Waals surface area (Å²) in [5, 5.41) is 18.1. The molecule has 2 atom stereocenters. The van der Waals surface area contributed by atoms with Crippen LogP contribution in [0.25, 0.3) is 0 Å². The number of hydrogen-bond donors (Lipinski definition) is 2. The summed E-state index contributed by atoms with van der Waals surface area (Å²) in [4.78, 5) is -0.0982. The van der Waals surface area contributed by atoms with Gasteiger partial charge in [0.25, 0.3) is 0 Å². The standard InChI is InChI=1S/C15H21BrO3/c16-14(15(18)11-17)9-5-2-6-10-19-12-13-7-3-1-4-8-13/h1-5,7-8,14-15,17-18H,6,9-12H2/b5-2+/t14-,15+/m1/s1. The Kier molecular flexibility index (Phi) is 8.75. The topological polar surface area (TPSA) is 49.7 Å². The largest absolute Gasteiger partial charge is 0.394 e. The Morgan fingerprint density at radius 2 is 1.95 bits per heavy atom. The van der Waals surface area contributed by atoms with Gasteiger partial charge in [-0.05, 0) is 18.4 Å². The van der Waals surface area contributed by atoms with Crippen LogP contribution < -0.4 is 0 Å². The molecule has 0 spiro atoms. The Morgan fingerprint density at radius 3 is 2.63 bits per heavy atom. The van der Waals surface area contributed by atoms with Gasteiger partial charge in [-0.25, -0.2) is 0 Å². The van der Waals surface area contributed by atoms with Crippen molar-refractivity contribution in [3.05, 3.63) is 48.0 Å². The van der Waals surface area contributed by atoms with E-state index < -0.39 is 6.10 Å². The molecule has 4 heteroatoms. The van der Waals surface area contributed by atoms with Gasteiger partial charge in [0.1, 0.15) is 0 Å². The van der Waals surface area contributed by atoms with Gasteiger partial charge in [-0.1, -0.05) is 58.4 Å². The van der Waals surface area contributed by atoms with E-state index in [9.17, 15) is 5.11 Å². The quantitative estimate of drug-likeness (QED) is 0.416. The number of alkyl halides is 1. The predicted molar refractivity (Wildman–Crippen MR) is 80.3 cm³/mol. The van der Waals surface area contributed by atoms with Crippen molar-refractivity contribution in [2.45, 2.75) is 30.4 Å². The SMILES string of the molecule is OC[C@H](O)[C@H](Br)C/C=C/CCOCc1ccccc1. The fraction of sp³-hybridized carbons (Fsp3) is 0.467. The lowest BCUT2D eigenvalue weighted by atomic mass is 10.2. The van der Waals surface area contributed by atoms with Crippen molar-refractivity contribution in [1.82, 2.24) is 0 Å². The molecule has 106 valence electrons. The van der Waals surface area contributed by atoms with E-state index in [0.29, 0.717) is 19.6 Å². The molecule has 0 aliphatic rings. The van der Waals surface area contributed by atoms with Crippen LogP contribution in [-0.4, -0.2) is 34.4 Å². The van der Waals surface area contributed by atoms with Gasteiger partial charge < -0.3 is 14.9 Å². The maximum absolute atomic E-state index is 9.34. The third-order valence-electron chi connectivity index (χ3n) is 2.67. The lowest BCUT2D eigenvalue weighted by molar-refractivity contribution is 0.0950. The molecule has 1 aromatic carbocycles. The second kappa shape index (κ2) is 10.1. The molecule has 1 rings (SSSR count). The van der Waals surface area contributed by atoms with Gasteiger partial charge in [-0.2, -0.15) is 0 Å². The van der Waals surface area contributed by atoms with E-state index >= 15 is 0 Å². The van der Waals surface area contributed by atoms with Crippen LogP contribution in [0.1, 0.15) is 18.4 Å². The van der Waals surface area contributed by atoms with E-state index in [2.05, 4.69) is 15.9 Å². The molecule has 0 aromatic heterocycles. The van der Waals surface area contributed by atoms with Gasteiger partial charge in [0.2, 0.25) is 0 Å². The van der Waals surface area contributed by atoms with Gasteiger partial charge in [0.15, 0.2) is 0 Å². The molecular formula is C15H21BrO3. The number of benzene rings is 1. The maximum atomic E-state index is 9.34. The first-order valence-electron chi connectivity index (χ1n) is 6.43. The van der Waals surface area contributed by atoms with Crippen LogP contribution >= 0.6 is 15.9 Å². The first-order chi connectivity index (χ1) is 9.24. The first-order valence-corrected chi connectivity index (χ1v) is 7.35. The lowest BCUT2D eigenvalue weighted by Crippen LogP contribution is -2.23. The molecule has 0 saturated carbocycles. The van der Waals surface area contributed by atoms with Gasteiger partial charge in [0, 0.05) is 4.83 Å². The van der Waals surface area contributed by atoms with Crippen LogP contribution in [0.3, 0.4) is 0 Å². The van der Waals surface area contributed by atoms with Crippen molar-refractivity contribution in [2.75, 3.05) is 13.2 Å². The fourth-order valence-electron chi connectivity index (χ4n) is 1.53. The van der Waals surface area contributed by atoms with Crippen LogP contribution in [0.15, 0.2) is 42.5 Å². The molecule has 0 aliphatic heterocycles. The first kappa shape index (κ1) is 16.4. The Labute approximate surface area is 123 Å². The predicted octanol–water partition coefficient (Wildman–Crippen LogP) is 2.66. The fourth-order valence-corrected chi connectivity index (χ4v) is 1.91. The molecule has 2 N–H and O–H groups in total. The van der Waals surface area contributed by atoms with Crippen LogP contribution in [0.2, 0.25) is 0 Å². The average molecular weight is 329 g/mol. The van der Waals surface area contributed by atoms with Crippen LogP contribution in [-0.2, 0) is 11.3 Å². The van der Waals surface area contributed by atoms with Gasteiger partial charge in [-0.15, -0.1) is 0 Å². The highest BCUT2D eigenvalue weighted by molar-refractivity contribution is 9.09. The second-order valence-electron chi connectivity index (χ2n) is 4.30. The zero-order valence-corrected chi connectivity index (χ0v) is 12.5. The van der Waals surface area contributed by atoms with Crippen molar-refractivity contribution in [2.24, 2.45) is 0 Å². The van der Waals surface area contributed by atoms with Crippen molar-refractivity contribution >= 4 is 15.9 Å². The highest BCUT2D eigenvalue weighted by atomic mass is 79.9. The Morgan fingerprint density at radius 1 is 1.21 bits per heavy atom. The summed E-state index contributed by atoms with van der Waals surface area (Å²) in [6, 6.07) is 10.1. The molecule has 19 heavy (non-hydrogen) atoms. The van der Waals surface area contributed by atoms with E-state index in [4.69, 9.17) is 9.84 Å². The van der Waals surface area contributed by atoms with Crippen LogP contribution in [0.5, 0.6) is 0 Å². The normalized spacial score (nSPS) is 14.7. The minimum atomic E-state index is -0.709. The van der Waals surface area contributed by atoms with Crippen molar-refractivity contribution in [3.63, 3.8) is 0 Å². The summed E-state index contributed by atoms with van der Waals surface area (Å²) in [6.07, 6.45) is 4.86. The molecule has 1 aromatic rings. The third kappa shape index (κ3) is 7.47. The number of allylic oxidation sites excluding steroid dienone is 1. The zero-order chi connectivity index (χ0) is 13.9. The molecular weight excluding hydrogens is 308 g/mol. The summed E-state index contributed by atoms with van der Waals surface area (Å²) in [5.41, 5.74) is 1.18. The number of ether oxygens (including phenoxy) is 1. The molecule has 0 saturated heterocycles. The summed E-state index contributed by atoms with van der Waals surface area (Å²) in [5.74, 6) is 0. The highest BCUT2D eigenvalue weighted by Crippen LogP contribution is 2.11. The van der Waals surface area contributed by atoms with Gasteiger partial charge >= 0.3 is 0 Å². The minimum Gasteiger partial charge on any atom is -0.394 e. The summed E-state index contributed by atoms with van der Waals surface area (Å²) >= 11 is 3.32. The van der Waals surface area contributed by atoms with Crippen molar-refractivity contribution in [1.29, 1.82) is 0 Å². The Bertz CT molecular complexity index is 354. The van der Waals surface area contributed by atoms with E-state index in [1.165, 1.54) is 5.56 Å². The zero-order valence-electron chi connectivity index (χ0n) is 10.9. The van der Waals surface area contributed by atoms with E-state index in [1.807, 2.05) is 42.5 Å². The summed E-state index contributed by atoms with van der Waals surface area (Å²) in [7, 11) is 0. The molecule has 0 unspecified atom stereocenters. The molecule has 0 radical (unpaired) electrons. The van der Waals surface area contributed by atoms with Crippen molar-refractivity contribution < 1.29 is 14.9 Å². The smallest absolute Gasteiger partial charge is 0.0898 e. The maximum Gasteiger partial charge on any atom is 0.0898 e. The van der Waals surface area contributed by atoms with E-state index in [1.54, 1.807) is 0 Å². The number of halogens is 1. The number of hydrogen-bond acceptors (Lipinski definition) is 3. The lowest BCUT2D eigenvalue weighted by Gasteiger charge is -2.12. The Hall–Kier alpha value is -0.680. The summed E-state index contributed by atoms with van der Waals surface area (Å²) in [6.45, 7) is 1.10. The molecule has 0 heterocycles. The monoisotopic (exact) mass is 328 g/mol. The molecule has 0 amide bonds. The number of aliphatic hydroxyl groups excluding tert-OH is 2. The Balaban J connectivity index is 2.04. The van der Waals surface area contributed by atoms with Gasteiger partial charge in [0.05, 0.1) is 25.9 Å². The molecule has 0 fully saturated rings. The molecule has 0 bridgehead atoms. The highest BCUT2D eigenvalue weighted by Gasteiger charge is 2.12. The molecule has 0 aliphatic carbocycles. The summed E-state index contributed by atoms with van der Waals surface area (Å²) < 4.78 is 5.54. The second-order valence-corrected chi connectivity index (χ2v) is 5.48. The van der Waals surface area contributed by atoms with E-state index in [0.717, 1.165) is 6.42 Å². The third-order valence-corrected chi connectivity index (χ3v) is 3.66. The van der Waals surface area contributed by atoms with Crippen molar-refractivity contribution in [3.8, 4) is 0 Å². The van der Waals surface area contributed by atoms with Crippen LogP contribution in [0.4, 0.5) is 0 Å². The number of rotatable bonds is 9. The molecule has 3 nitrogen and oxygen atoms in total. The number of aliphatic hydroxyl groups is 2. The van der Waals surface area contributed by atoms with E-state index in [-0.39, 0.29) is 11.4 Å². The van der Waals surface area contributed by atoms with Crippen LogP contribution in [0, 0.1) is 0 Å².